The highest BCUT2D eigenvalue weighted by molar-refractivity contribution is 14.0. The molecule has 2 aromatic heterocycles. The Kier molecular flexibility index (Phi) is 11.0. The molecule has 0 saturated carbocycles. The minimum absolute atomic E-state index is 0. The summed E-state index contributed by atoms with van der Waals surface area (Å²) in [5.74, 6) is 0.816. The van der Waals surface area contributed by atoms with E-state index in [1.165, 1.54) is 16.7 Å². The van der Waals surface area contributed by atoms with Crippen molar-refractivity contribution in [3.63, 3.8) is 0 Å². The van der Waals surface area contributed by atoms with Gasteiger partial charge < -0.3 is 10.6 Å². The molecule has 3 rings (SSSR count). The summed E-state index contributed by atoms with van der Waals surface area (Å²) in [6.07, 6.45) is 3.80. The summed E-state index contributed by atoms with van der Waals surface area (Å²) in [5.41, 5.74) is 3.86. The molecule has 1 atom stereocenters. The van der Waals surface area contributed by atoms with E-state index in [4.69, 9.17) is 0 Å². The van der Waals surface area contributed by atoms with Gasteiger partial charge in [0, 0.05) is 32.5 Å². The van der Waals surface area contributed by atoms with Gasteiger partial charge in [0.25, 0.3) is 0 Å². The summed E-state index contributed by atoms with van der Waals surface area (Å²) in [7, 11) is 1.82. The smallest absolute Gasteiger partial charge is 0.191 e. The van der Waals surface area contributed by atoms with Crippen molar-refractivity contribution < 1.29 is 0 Å². The van der Waals surface area contributed by atoms with E-state index in [1.807, 2.05) is 30.2 Å². The molecule has 0 aliphatic heterocycles. The average Bonchev–Trinajstić information content (AvgIpc) is 3.48. The zero-order chi connectivity index (χ0) is 21.2. The molecule has 1 aromatic carbocycles. The van der Waals surface area contributed by atoms with Crippen molar-refractivity contribution in [3.8, 4) is 0 Å². The number of thiophene rings is 1. The molecule has 3 aromatic rings. The van der Waals surface area contributed by atoms with E-state index >= 15 is 0 Å². The molecule has 2 N–H and O–H groups in total. The number of aliphatic imine (C=N–C) groups is 1. The molecule has 0 bridgehead atoms. The SMILES string of the molecule is CCN(CC)C(CNC(=NC)NCc1ccccc1Cn1cccn1)c1ccsc1.I. The van der Waals surface area contributed by atoms with Crippen molar-refractivity contribution in [3.05, 3.63) is 76.2 Å². The maximum Gasteiger partial charge on any atom is 0.191 e. The monoisotopic (exact) mass is 552 g/mol. The Balaban J connectivity index is 0.00000341. The third-order valence-corrected chi connectivity index (χ3v) is 6.03. The standard InChI is InChI=1S/C23H32N6S.HI/c1-4-28(5-2)22(21-11-14-30-18-21)16-26-23(24-3)25-15-19-9-6-7-10-20(19)17-29-13-8-12-27-29;/h6-14,18,22H,4-5,15-17H2,1-3H3,(H2,24,25,26);1H. The van der Waals surface area contributed by atoms with E-state index in [9.17, 15) is 0 Å². The number of halogens is 1. The Labute approximate surface area is 206 Å². The Morgan fingerprint density at radius 2 is 1.90 bits per heavy atom. The van der Waals surface area contributed by atoms with Crippen LogP contribution in [0.5, 0.6) is 0 Å². The van der Waals surface area contributed by atoms with Gasteiger partial charge in [0.05, 0.1) is 12.6 Å². The van der Waals surface area contributed by atoms with Gasteiger partial charge in [-0.1, -0.05) is 38.1 Å². The highest BCUT2D eigenvalue weighted by Gasteiger charge is 2.18. The minimum Gasteiger partial charge on any atom is -0.354 e. The van der Waals surface area contributed by atoms with Gasteiger partial charge in [-0.15, -0.1) is 24.0 Å². The molecule has 0 aliphatic rings. The largest absolute Gasteiger partial charge is 0.354 e. The zero-order valence-electron chi connectivity index (χ0n) is 18.5. The molecular formula is C23H33IN6S. The van der Waals surface area contributed by atoms with E-state index in [-0.39, 0.29) is 24.0 Å². The van der Waals surface area contributed by atoms with Crippen LogP contribution in [0.15, 0.2) is 64.5 Å². The zero-order valence-corrected chi connectivity index (χ0v) is 21.6. The van der Waals surface area contributed by atoms with Crippen molar-refractivity contribution in [1.29, 1.82) is 0 Å². The number of benzene rings is 1. The van der Waals surface area contributed by atoms with Gasteiger partial charge in [-0.25, -0.2) is 0 Å². The second kappa shape index (κ2) is 13.5. The topological polar surface area (TPSA) is 57.5 Å². The van der Waals surface area contributed by atoms with Gasteiger partial charge in [-0.3, -0.25) is 14.6 Å². The molecular weight excluding hydrogens is 519 g/mol. The summed E-state index contributed by atoms with van der Waals surface area (Å²) in [5, 5.41) is 15.7. The predicted molar refractivity (Wildman–Crippen MR) is 141 cm³/mol. The van der Waals surface area contributed by atoms with Crippen molar-refractivity contribution in [2.75, 3.05) is 26.7 Å². The van der Waals surface area contributed by atoms with Crippen LogP contribution in [0.2, 0.25) is 0 Å². The van der Waals surface area contributed by atoms with Crippen LogP contribution in [0.25, 0.3) is 0 Å². The Morgan fingerprint density at radius 3 is 2.52 bits per heavy atom. The highest BCUT2D eigenvalue weighted by atomic mass is 127. The fourth-order valence-corrected chi connectivity index (χ4v) is 4.34. The fraction of sp³-hybridized carbons (Fsp3) is 0.391. The first-order valence-electron chi connectivity index (χ1n) is 10.5. The van der Waals surface area contributed by atoms with Gasteiger partial charge in [0.2, 0.25) is 0 Å². The lowest BCUT2D eigenvalue weighted by Gasteiger charge is -2.30. The third kappa shape index (κ3) is 7.33. The second-order valence-corrected chi connectivity index (χ2v) is 7.85. The van der Waals surface area contributed by atoms with E-state index in [0.29, 0.717) is 12.6 Å². The van der Waals surface area contributed by atoms with Gasteiger partial charge in [0.1, 0.15) is 0 Å². The molecule has 0 radical (unpaired) electrons. The van der Waals surface area contributed by atoms with E-state index in [2.05, 4.69) is 80.6 Å². The molecule has 2 heterocycles. The van der Waals surface area contributed by atoms with Crippen LogP contribution in [-0.4, -0.2) is 47.3 Å². The van der Waals surface area contributed by atoms with E-state index < -0.39 is 0 Å². The summed E-state index contributed by atoms with van der Waals surface area (Å²) in [6.45, 7) is 8.76. The lowest BCUT2D eigenvalue weighted by atomic mass is 10.1. The lowest BCUT2D eigenvalue weighted by Crippen LogP contribution is -2.43. The number of hydrogen-bond donors (Lipinski definition) is 2. The predicted octanol–water partition coefficient (Wildman–Crippen LogP) is 4.36. The highest BCUT2D eigenvalue weighted by Crippen LogP contribution is 2.22. The van der Waals surface area contributed by atoms with Crippen molar-refractivity contribution in [1.82, 2.24) is 25.3 Å². The summed E-state index contributed by atoms with van der Waals surface area (Å²) < 4.78 is 1.95. The first-order chi connectivity index (χ1) is 14.7. The molecule has 0 amide bonds. The Hall–Kier alpha value is -1.91. The van der Waals surface area contributed by atoms with Gasteiger partial charge >= 0.3 is 0 Å². The first kappa shape index (κ1) is 25.4. The van der Waals surface area contributed by atoms with Crippen molar-refractivity contribution >= 4 is 41.3 Å². The van der Waals surface area contributed by atoms with Crippen LogP contribution in [0.4, 0.5) is 0 Å². The molecule has 0 fully saturated rings. The average molecular weight is 553 g/mol. The number of nitrogens with one attached hydrogen (secondary N) is 2. The number of nitrogens with zero attached hydrogens (tertiary/aromatic N) is 4. The fourth-order valence-electron chi connectivity index (χ4n) is 3.63. The maximum absolute atomic E-state index is 4.43. The third-order valence-electron chi connectivity index (χ3n) is 5.32. The van der Waals surface area contributed by atoms with Crippen LogP contribution in [0.3, 0.4) is 0 Å². The van der Waals surface area contributed by atoms with Crippen molar-refractivity contribution in [2.24, 2.45) is 4.99 Å². The van der Waals surface area contributed by atoms with Gasteiger partial charge in [-0.2, -0.15) is 16.4 Å². The number of rotatable bonds is 10. The summed E-state index contributed by atoms with van der Waals surface area (Å²) >= 11 is 1.75. The molecule has 31 heavy (non-hydrogen) atoms. The molecule has 1 unspecified atom stereocenters. The molecule has 0 aliphatic carbocycles. The maximum atomic E-state index is 4.43. The molecule has 0 spiro atoms. The molecule has 168 valence electrons. The van der Waals surface area contributed by atoms with E-state index in [1.54, 1.807) is 11.3 Å². The molecule has 6 nitrogen and oxygen atoms in total. The summed E-state index contributed by atoms with van der Waals surface area (Å²) in [6, 6.07) is 13.0. The first-order valence-corrected chi connectivity index (χ1v) is 11.4. The number of hydrogen-bond acceptors (Lipinski definition) is 4. The van der Waals surface area contributed by atoms with E-state index in [0.717, 1.165) is 32.1 Å². The summed E-state index contributed by atoms with van der Waals surface area (Å²) in [4.78, 5) is 6.91. The number of guanidine groups is 1. The van der Waals surface area contributed by atoms with Crippen LogP contribution in [0, 0.1) is 0 Å². The van der Waals surface area contributed by atoms with Gasteiger partial charge in [0.15, 0.2) is 5.96 Å². The van der Waals surface area contributed by atoms with Crippen LogP contribution in [-0.2, 0) is 13.1 Å². The lowest BCUT2D eigenvalue weighted by molar-refractivity contribution is 0.219. The van der Waals surface area contributed by atoms with Crippen LogP contribution < -0.4 is 10.6 Å². The normalized spacial score (nSPS) is 12.5. The Morgan fingerprint density at radius 1 is 1.13 bits per heavy atom. The Bertz CT molecular complexity index is 891. The second-order valence-electron chi connectivity index (χ2n) is 7.07. The molecule has 0 saturated heterocycles. The number of aromatic nitrogens is 2. The van der Waals surface area contributed by atoms with Crippen LogP contribution >= 0.6 is 35.3 Å². The molecule has 8 heteroatoms. The van der Waals surface area contributed by atoms with Crippen molar-refractivity contribution in [2.45, 2.75) is 33.0 Å². The minimum atomic E-state index is 0. The van der Waals surface area contributed by atoms with Crippen LogP contribution in [0.1, 0.15) is 36.6 Å². The quantitative estimate of drug-likeness (QED) is 0.223. The van der Waals surface area contributed by atoms with Gasteiger partial charge in [-0.05, 0) is 52.7 Å². The number of likely N-dealkylation sites (N-methyl/N-ethyl adjacent to an activating group) is 1.